The predicted octanol–water partition coefficient (Wildman–Crippen LogP) is 1.40. The molecule has 0 spiro atoms. The van der Waals surface area contributed by atoms with Gasteiger partial charge in [-0.2, -0.15) is 0 Å². The summed E-state index contributed by atoms with van der Waals surface area (Å²) in [4.78, 5) is 10.8. The van der Waals surface area contributed by atoms with Crippen LogP contribution in [0.1, 0.15) is 13.8 Å². The largest absolute Gasteiger partial charge is 0.383 e. The third-order valence-corrected chi connectivity index (χ3v) is 1.81. The van der Waals surface area contributed by atoms with Crippen LogP contribution in [0.25, 0.3) is 0 Å². The second-order valence-corrected chi connectivity index (χ2v) is 3.62. The van der Waals surface area contributed by atoms with Crippen molar-refractivity contribution < 1.29 is 4.79 Å². The molecule has 0 aliphatic heterocycles. The van der Waals surface area contributed by atoms with Gasteiger partial charge in [-0.05, 0) is 25.1 Å². The molecule has 4 heteroatoms. The third-order valence-electron chi connectivity index (χ3n) is 1.81. The van der Waals surface area contributed by atoms with Gasteiger partial charge in [0.1, 0.15) is 0 Å². The number of nitrogens with one attached hydrogen (secondary N) is 2. The number of rotatable bonds is 4. The van der Waals surface area contributed by atoms with Gasteiger partial charge in [-0.1, -0.05) is 6.07 Å². The van der Waals surface area contributed by atoms with E-state index < -0.39 is 0 Å². The summed E-state index contributed by atoms with van der Waals surface area (Å²) in [5, 5.41) is 5.90. The molecule has 15 heavy (non-hydrogen) atoms. The fourth-order valence-corrected chi connectivity index (χ4v) is 1.19. The molecule has 0 fully saturated rings. The highest BCUT2D eigenvalue weighted by Crippen LogP contribution is 2.14. The molecule has 4 N–H and O–H groups in total. The maximum absolute atomic E-state index is 10.8. The molecule has 1 aromatic carbocycles. The molecule has 1 unspecified atom stereocenters. The quantitative estimate of drug-likeness (QED) is 0.699. The Morgan fingerprint density at radius 1 is 1.47 bits per heavy atom. The van der Waals surface area contributed by atoms with Crippen molar-refractivity contribution in [1.82, 2.24) is 0 Å². The Balaban J connectivity index is 2.61. The smallest absolute Gasteiger partial charge is 0.221 e. The lowest BCUT2D eigenvalue weighted by molar-refractivity contribution is -0.114. The summed E-state index contributed by atoms with van der Waals surface area (Å²) in [6.45, 7) is 4.14. The van der Waals surface area contributed by atoms with E-state index in [2.05, 4.69) is 10.6 Å². The Hall–Kier alpha value is -1.55. The lowest BCUT2D eigenvalue weighted by atomic mass is 10.2. The lowest BCUT2D eigenvalue weighted by Gasteiger charge is -2.10. The van der Waals surface area contributed by atoms with Crippen molar-refractivity contribution in [2.45, 2.75) is 19.9 Å². The highest BCUT2D eigenvalue weighted by atomic mass is 16.1. The first-order valence-corrected chi connectivity index (χ1v) is 4.95. The van der Waals surface area contributed by atoms with Gasteiger partial charge in [-0.3, -0.25) is 4.79 Å². The highest BCUT2D eigenvalue weighted by molar-refractivity contribution is 5.89. The first-order valence-electron chi connectivity index (χ1n) is 4.95. The predicted molar refractivity (Wildman–Crippen MR) is 62.9 cm³/mol. The molecule has 1 amide bonds. The topological polar surface area (TPSA) is 67.2 Å². The molecular weight excluding hydrogens is 190 g/mol. The average molecular weight is 207 g/mol. The van der Waals surface area contributed by atoms with Gasteiger partial charge in [0.25, 0.3) is 0 Å². The van der Waals surface area contributed by atoms with Crippen LogP contribution >= 0.6 is 0 Å². The zero-order valence-electron chi connectivity index (χ0n) is 9.08. The second-order valence-electron chi connectivity index (χ2n) is 3.62. The van der Waals surface area contributed by atoms with E-state index in [1.54, 1.807) is 0 Å². The van der Waals surface area contributed by atoms with Crippen molar-refractivity contribution >= 4 is 17.3 Å². The molecule has 82 valence electrons. The van der Waals surface area contributed by atoms with E-state index in [0.29, 0.717) is 6.54 Å². The van der Waals surface area contributed by atoms with Crippen molar-refractivity contribution in [3.05, 3.63) is 24.3 Å². The Labute approximate surface area is 89.9 Å². The molecule has 1 atom stereocenters. The number of carbonyl (C=O) groups is 1. The molecule has 0 saturated carbocycles. The van der Waals surface area contributed by atoms with E-state index >= 15 is 0 Å². The average Bonchev–Trinajstić information content (AvgIpc) is 2.14. The van der Waals surface area contributed by atoms with E-state index in [9.17, 15) is 4.79 Å². The van der Waals surface area contributed by atoms with Crippen LogP contribution in [0.4, 0.5) is 11.4 Å². The Kier molecular flexibility index (Phi) is 4.12. The fourth-order valence-electron chi connectivity index (χ4n) is 1.19. The van der Waals surface area contributed by atoms with Crippen LogP contribution in [0, 0.1) is 0 Å². The number of carbonyl (C=O) groups excluding carboxylic acids is 1. The number of hydrogen-bond donors (Lipinski definition) is 3. The number of benzene rings is 1. The first kappa shape index (κ1) is 11.5. The Morgan fingerprint density at radius 3 is 2.73 bits per heavy atom. The molecule has 0 bridgehead atoms. The van der Waals surface area contributed by atoms with E-state index in [1.165, 1.54) is 6.92 Å². The summed E-state index contributed by atoms with van der Waals surface area (Å²) in [5.41, 5.74) is 7.37. The fraction of sp³-hybridized carbons (Fsp3) is 0.364. The van der Waals surface area contributed by atoms with Gasteiger partial charge < -0.3 is 16.4 Å². The zero-order valence-corrected chi connectivity index (χ0v) is 9.08. The van der Waals surface area contributed by atoms with Gasteiger partial charge >= 0.3 is 0 Å². The highest BCUT2D eigenvalue weighted by Gasteiger charge is 1.98. The molecule has 0 aliphatic rings. The van der Waals surface area contributed by atoms with Gasteiger partial charge in [-0.25, -0.2) is 0 Å². The molecule has 0 saturated heterocycles. The van der Waals surface area contributed by atoms with Gasteiger partial charge in [-0.15, -0.1) is 0 Å². The summed E-state index contributed by atoms with van der Waals surface area (Å²) >= 11 is 0. The summed E-state index contributed by atoms with van der Waals surface area (Å²) in [6, 6.07) is 7.65. The van der Waals surface area contributed by atoms with Crippen LogP contribution in [0.2, 0.25) is 0 Å². The minimum atomic E-state index is -0.0701. The molecule has 4 nitrogen and oxygen atoms in total. The monoisotopic (exact) mass is 207 g/mol. The van der Waals surface area contributed by atoms with Crippen LogP contribution in [-0.2, 0) is 4.79 Å². The maximum atomic E-state index is 10.8. The van der Waals surface area contributed by atoms with Gasteiger partial charge in [0.2, 0.25) is 5.91 Å². The Morgan fingerprint density at radius 2 is 2.13 bits per heavy atom. The van der Waals surface area contributed by atoms with Crippen molar-refractivity contribution in [2.24, 2.45) is 5.73 Å². The van der Waals surface area contributed by atoms with Gasteiger partial charge in [0.15, 0.2) is 0 Å². The molecule has 1 aromatic rings. The van der Waals surface area contributed by atoms with Crippen LogP contribution < -0.4 is 16.4 Å². The summed E-state index contributed by atoms with van der Waals surface area (Å²) in [5.74, 6) is -0.0701. The molecule has 0 heterocycles. The molecule has 0 aromatic heterocycles. The molecule has 0 aliphatic carbocycles. The van der Waals surface area contributed by atoms with Crippen molar-refractivity contribution in [1.29, 1.82) is 0 Å². The van der Waals surface area contributed by atoms with Gasteiger partial charge in [0.05, 0.1) is 0 Å². The Bertz CT molecular complexity index is 336. The minimum absolute atomic E-state index is 0.0701. The lowest BCUT2D eigenvalue weighted by Crippen LogP contribution is -2.25. The standard InChI is InChI=1S/C11H17N3O/c1-8(12)7-13-10-4-3-5-11(6-10)14-9(2)15/h3-6,8,13H,7,12H2,1-2H3,(H,14,15). The van der Waals surface area contributed by atoms with E-state index in [4.69, 9.17) is 5.73 Å². The summed E-state index contributed by atoms with van der Waals surface area (Å²) < 4.78 is 0. The van der Waals surface area contributed by atoms with Crippen LogP contribution in [0.3, 0.4) is 0 Å². The van der Waals surface area contributed by atoms with Crippen LogP contribution in [0.15, 0.2) is 24.3 Å². The first-order chi connectivity index (χ1) is 7.08. The number of amides is 1. The molecule has 1 rings (SSSR count). The second kappa shape index (κ2) is 5.36. The number of nitrogens with two attached hydrogens (primary N) is 1. The van der Waals surface area contributed by atoms with E-state index in [0.717, 1.165) is 11.4 Å². The van der Waals surface area contributed by atoms with E-state index in [-0.39, 0.29) is 11.9 Å². The van der Waals surface area contributed by atoms with Crippen molar-refractivity contribution in [3.8, 4) is 0 Å². The summed E-state index contributed by atoms with van der Waals surface area (Å²) in [7, 11) is 0. The van der Waals surface area contributed by atoms with Crippen molar-refractivity contribution in [2.75, 3.05) is 17.2 Å². The zero-order chi connectivity index (χ0) is 11.3. The van der Waals surface area contributed by atoms with Gasteiger partial charge in [0, 0.05) is 30.9 Å². The molecule has 0 radical (unpaired) electrons. The maximum Gasteiger partial charge on any atom is 0.221 e. The third kappa shape index (κ3) is 4.46. The van der Waals surface area contributed by atoms with Crippen LogP contribution in [0.5, 0.6) is 0 Å². The number of hydrogen-bond acceptors (Lipinski definition) is 3. The normalized spacial score (nSPS) is 11.9. The SMILES string of the molecule is CC(=O)Nc1cccc(NCC(C)N)c1. The molecular formula is C11H17N3O. The minimum Gasteiger partial charge on any atom is -0.383 e. The summed E-state index contributed by atoms with van der Waals surface area (Å²) in [6.07, 6.45) is 0. The van der Waals surface area contributed by atoms with E-state index in [1.807, 2.05) is 31.2 Å². The van der Waals surface area contributed by atoms with Crippen molar-refractivity contribution in [3.63, 3.8) is 0 Å². The number of anilines is 2. The van der Waals surface area contributed by atoms with Crippen LogP contribution in [-0.4, -0.2) is 18.5 Å².